The number of rotatable bonds is 7. The molecule has 0 saturated heterocycles. The van der Waals surface area contributed by atoms with E-state index in [0.29, 0.717) is 19.6 Å². The van der Waals surface area contributed by atoms with Crippen molar-refractivity contribution in [1.82, 2.24) is 4.31 Å². The van der Waals surface area contributed by atoms with Crippen LogP contribution < -0.4 is 5.73 Å². The molecule has 0 aromatic heterocycles. The fourth-order valence-electron chi connectivity index (χ4n) is 1.70. The number of hydrogen-bond acceptors (Lipinski definition) is 4. The summed E-state index contributed by atoms with van der Waals surface area (Å²) in [6, 6.07) is 3.93. The Labute approximate surface area is 113 Å². The highest BCUT2D eigenvalue weighted by molar-refractivity contribution is 7.89. The van der Waals surface area contributed by atoms with Gasteiger partial charge in [0.15, 0.2) is 0 Å². The number of nitrogens with zero attached hydrogens (tertiary/aromatic N) is 1. The van der Waals surface area contributed by atoms with Gasteiger partial charge in [-0.2, -0.15) is 0 Å². The minimum absolute atomic E-state index is 0.0149. The number of hydrogen-bond donors (Lipinski definition) is 1. The Morgan fingerprint density at radius 3 is 2.68 bits per heavy atom. The van der Waals surface area contributed by atoms with Crippen molar-refractivity contribution >= 4 is 10.0 Å². The molecule has 0 aliphatic rings. The third kappa shape index (κ3) is 3.73. The van der Waals surface area contributed by atoms with Crippen molar-refractivity contribution in [2.75, 3.05) is 27.3 Å². The molecule has 1 aromatic rings. The second-order valence-corrected chi connectivity index (χ2v) is 6.11. The van der Waals surface area contributed by atoms with Gasteiger partial charge < -0.3 is 10.5 Å². The third-order valence-electron chi connectivity index (χ3n) is 2.79. The molecule has 5 nitrogen and oxygen atoms in total. The summed E-state index contributed by atoms with van der Waals surface area (Å²) in [7, 11) is -0.723. The van der Waals surface area contributed by atoms with E-state index in [-0.39, 0.29) is 17.0 Å². The molecule has 0 spiro atoms. The molecule has 0 heterocycles. The predicted molar refractivity (Wildman–Crippen MR) is 70.6 cm³/mol. The Hall–Kier alpha value is -1.02. The van der Waals surface area contributed by atoms with Crippen LogP contribution in [0.1, 0.15) is 12.0 Å². The maximum absolute atomic E-state index is 13.6. The maximum atomic E-state index is 13.6. The monoisotopic (exact) mass is 290 g/mol. The second-order valence-electron chi connectivity index (χ2n) is 4.09. The van der Waals surface area contributed by atoms with E-state index in [1.807, 2.05) is 0 Å². The fraction of sp³-hybridized carbons (Fsp3) is 0.500. The van der Waals surface area contributed by atoms with Crippen molar-refractivity contribution in [3.63, 3.8) is 0 Å². The minimum atomic E-state index is -3.73. The van der Waals surface area contributed by atoms with E-state index >= 15 is 0 Å². The number of nitrogens with two attached hydrogens (primary N) is 1. The van der Waals surface area contributed by atoms with Crippen LogP contribution in [0.5, 0.6) is 0 Å². The summed E-state index contributed by atoms with van der Waals surface area (Å²) in [6.07, 6.45) is 0.569. The van der Waals surface area contributed by atoms with Gasteiger partial charge in [0, 0.05) is 39.4 Å². The third-order valence-corrected chi connectivity index (χ3v) is 4.73. The van der Waals surface area contributed by atoms with E-state index in [1.165, 1.54) is 29.6 Å². The van der Waals surface area contributed by atoms with Gasteiger partial charge in [0.05, 0.1) is 4.90 Å². The lowest BCUT2D eigenvalue weighted by Crippen LogP contribution is -2.30. The smallest absolute Gasteiger partial charge is 0.243 e. The van der Waals surface area contributed by atoms with Gasteiger partial charge in [0.2, 0.25) is 10.0 Å². The molecule has 0 bridgehead atoms. The molecule has 0 amide bonds. The molecule has 0 saturated carbocycles. The second kappa shape index (κ2) is 6.95. The molecule has 0 aliphatic carbocycles. The number of methoxy groups -OCH3 is 1. The Balaban J connectivity index is 3.03. The highest BCUT2D eigenvalue weighted by Crippen LogP contribution is 2.21. The summed E-state index contributed by atoms with van der Waals surface area (Å²) in [5, 5.41) is 0. The molecule has 108 valence electrons. The van der Waals surface area contributed by atoms with E-state index < -0.39 is 15.8 Å². The van der Waals surface area contributed by atoms with Crippen molar-refractivity contribution in [3.05, 3.63) is 29.6 Å². The Morgan fingerprint density at radius 1 is 1.42 bits per heavy atom. The van der Waals surface area contributed by atoms with Gasteiger partial charge in [-0.3, -0.25) is 0 Å². The lowest BCUT2D eigenvalue weighted by Gasteiger charge is -2.19. The van der Waals surface area contributed by atoms with Crippen molar-refractivity contribution < 1.29 is 17.5 Å². The van der Waals surface area contributed by atoms with Crippen LogP contribution in [0.4, 0.5) is 4.39 Å². The average Bonchev–Trinajstić information content (AvgIpc) is 2.38. The molecule has 1 aromatic carbocycles. The van der Waals surface area contributed by atoms with Gasteiger partial charge in [0.25, 0.3) is 0 Å². The number of sulfonamides is 1. The van der Waals surface area contributed by atoms with E-state index in [0.717, 1.165) is 0 Å². The van der Waals surface area contributed by atoms with Crippen molar-refractivity contribution in [1.29, 1.82) is 0 Å². The maximum Gasteiger partial charge on any atom is 0.243 e. The SMILES string of the molecule is COCCCN(C)S(=O)(=O)c1cccc(F)c1CN. The molecule has 19 heavy (non-hydrogen) atoms. The Morgan fingerprint density at radius 2 is 2.11 bits per heavy atom. The summed E-state index contributed by atoms with van der Waals surface area (Å²) in [6.45, 7) is 0.608. The van der Waals surface area contributed by atoms with Crippen LogP contribution in [0.25, 0.3) is 0 Å². The number of ether oxygens (including phenoxy) is 1. The number of benzene rings is 1. The normalized spacial score (nSPS) is 12.1. The zero-order valence-electron chi connectivity index (χ0n) is 11.1. The van der Waals surface area contributed by atoms with E-state index in [1.54, 1.807) is 7.11 Å². The van der Waals surface area contributed by atoms with Crippen molar-refractivity contribution in [2.24, 2.45) is 5.73 Å². The quantitative estimate of drug-likeness (QED) is 0.759. The lowest BCUT2D eigenvalue weighted by atomic mass is 10.2. The molecule has 1 rings (SSSR count). The first-order valence-electron chi connectivity index (χ1n) is 5.88. The first-order chi connectivity index (χ1) is 8.95. The molecule has 0 fully saturated rings. The van der Waals surface area contributed by atoms with Crippen LogP contribution in [0.15, 0.2) is 23.1 Å². The summed E-state index contributed by atoms with van der Waals surface area (Å²) in [5.74, 6) is -0.603. The summed E-state index contributed by atoms with van der Waals surface area (Å²) >= 11 is 0. The molecular formula is C12H19FN2O3S. The Kier molecular flexibility index (Phi) is 5.86. The van der Waals surface area contributed by atoms with Gasteiger partial charge in [-0.05, 0) is 18.6 Å². The predicted octanol–water partition coefficient (Wildman–Crippen LogP) is 0.941. The van der Waals surface area contributed by atoms with Crippen molar-refractivity contribution in [2.45, 2.75) is 17.9 Å². The highest BCUT2D eigenvalue weighted by atomic mass is 32.2. The summed E-state index contributed by atoms with van der Waals surface area (Å²) in [4.78, 5) is -0.0742. The van der Waals surface area contributed by atoms with E-state index in [9.17, 15) is 12.8 Å². The minimum Gasteiger partial charge on any atom is -0.385 e. The molecule has 0 atom stereocenters. The number of halogens is 1. The fourth-order valence-corrected chi connectivity index (χ4v) is 3.15. The van der Waals surface area contributed by atoms with Crippen LogP contribution in [0.3, 0.4) is 0 Å². The molecule has 2 N–H and O–H groups in total. The first kappa shape index (κ1) is 16.0. The van der Waals surface area contributed by atoms with Crippen LogP contribution in [0, 0.1) is 5.82 Å². The summed E-state index contributed by atoms with van der Waals surface area (Å²) < 4.78 is 44.3. The van der Waals surface area contributed by atoms with Crippen LogP contribution >= 0.6 is 0 Å². The molecular weight excluding hydrogens is 271 g/mol. The topological polar surface area (TPSA) is 72.6 Å². The van der Waals surface area contributed by atoms with Crippen LogP contribution in [-0.2, 0) is 21.3 Å². The van der Waals surface area contributed by atoms with Gasteiger partial charge in [-0.25, -0.2) is 17.1 Å². The van der Waals surface area contributed by atoms with Gasteiger partial charge >= 0.3 is 0 Å². The van der Waals surface area contributed by atoms with Gasteiger partial charge in [-0.1, -0.05) is 6.07 Å². The van der Waals surface area contributed by atoms with E-state index in [4.69, 9.17) is 10.5 Å². The Bertz CT molecular complexity index is 520. The molecule has 0 unspecified atom stereocenters. The summed E-state index contributed by atoms with van der Waals surface area (Å²) in [5.41, 5.74) is 5.44. The van der Waals surface area contributed by atoms with Crippen molar-refractivity contribution in [3.8, 4) is 0 Å². The highest BCUT2D eigenvalue weighted by Gasteiger charge is 2.24. The van der Waals surface area contributed by atoms with Gasteiger partial charge in [0.1, 0.15) is 5.82 Å². The average molecular weight is 290 g/mol. The molecule has 0 radical (unpaired) electrons. The largest absolute Gasteiger partial charge is 0.385 e. The molecule has 0 aliphatic heterocycles. The zero-order valence-corrected chi connectivity index (χ0v) is 11.9. The lowest BCUT2D eigenvalue weighted by molar-refractivity contribution is 0.189. The standard InChI is InChI=1S/C12H19FN2O3S/c1-15(7-4-8-18-2)19(16,17)12-6-3-5-11(13)10(12)9-14/h3,5-6H,4,7-9,14H2,1-2H3. The molecule has 7 heteroatoms. The zero-order chi connectivity index (χ0) is 14.5. The van der Waals surface area contributed by atoms with Crippen LogP contribution in [0.2, 0.25) is 0 Å². The van der Waals surface area contributed by atoms with E-state index in [2.05, 4.69) is 0 Å². The van der Waals surface area contributed by atoms with Crippen LogP contribution in [-0.4, -0.2) is 40.0 Å². The van der Waals surface area contributed by atoms with Gasteiger partial charge in [-0.15, -0.1) is 0 Å². The first-order valence-corrected chi connectivity index (χ1v) is 7.32.